The van der Waals surface area contributed by atoms with Crippen LogP contribution in [0.5, 0.6) is 5.75 Å². The van der Waals surface area contributed by atoms with E-state index in [0.717, 1.165) is 29.7 Å². The van der Waals surface area contributed by atoms with Gasteiger partial charge in [-0.1, -0.05) is 43.7 Å². The van der Waals surface area contributed by atoms with Crippen molar-refractivity contribution >= 4 is 17.3 Å². The third kappa shape index (κ3) is 3.42. The standard InChI is InChI=1S/C20H22N2O3/c1-2-3-11-22-18-10-5-4-9-16(18)19(21-17(13-23)20(22)25)14-7-6-8-15(24)12-14/h4-10,12,17,23-24H,2-3,11,13H2,1H3. The van der Waals surface area contributed by atoms with Crippen molar-refractivity contribution in [2.75, 3.05) is 18.1 Å². The smallest absolute Gasteiger partial charge is 0.254 e. The van der Waals surface area contributed by atoms with Crippen LogP contribution in [0.15, 0.2) is 53.5 Å². The van der Waals surface area contributed by atoms with Crippen molar-refractivity contribution in [2.24, 2.45) is 4.99 Å². The van der Waals surface area contributed by atoms with Crippen LogP contribution in [0.3, 0.4) is 0 Å². The number of carbonyl (C=O) groups excluding carboxylic acids is 1. The van der Waals surface area contributed by atoms with Crippen molar-refractivity contribution in [2.45, 2.75) is 25.8 Å². The number of hydrogen-bond acceptors (Lipinski definition) is 4. The maximum atomic E-state index is 12.9. The van der Waals surface area contributed by atoms with Crippen LogP contribution in [0.2, 0.25) is 0 Å². The van der Waals surface area contributed by atoms with Gasteiger partial charge < -0.3 is 15.1 Å². The molecule has 0 saturated heterocycles. The first kappa shape index (κ1) is 17.2. The number of phenols is 1. The molecule has 5 nitrogen and oxygen atoms in total. The van der Waals surface area contributed by atoms with Crippen molar-refractivity contribution < 1.29 is 15.0 Å². The van der Waals surface area contributed by atoms with Gasteiger partial charge in [0.25, 0.3) is 5.91 Å². The minimum absolute atomic E-state index is 0.136. The summed E-state index contributed by atoms with van der Waals surface area (Å²) in [5.41, 5.74) is 2.95. The molecule has 0 fully saturated rings. The van der Waals surface area contributed by atoms with E-state index in [1.165, 1.54) is 0 Å². The van der Waals surface area contributed by atoms with E-state index in [1.807, 2.05) is 30.3 Å². The number of hydrogen-bond donors (Lipinski definition) is 2. The van der Waals surface area contributed by atoms with Crippen LogP contribution in [0.1, 0.15) is 30.9 Å². The van der Waals surface area contributed by atoms with E-state index in [2.05, 4.69) is 11.9 Å². The zero-order valence-electron chi connectivity index (χ0n) is 14.2. The number of unbranched alkanes of at least 4 members (excludes halogenated alkanes) is 1. The predicted octanol–water partition coefficient (Wildman–Crippen LogP) is 2.74. The summed E-state index contributed by atoms with van der Waals surface area (Å²) in [6.45, 7) is 2.32. The molecule has 0 saturated carbocycles. The quantitative estimate of drug-likeness (QED) is 0.880. The Kier molecular flexibility index (Phi) is 5.14. The molecule has 130 valence electrons. The third-order valence-electron chi connectivity index (χ3n) is 4.31. The molecule has 1 aliphatic rings. The molecule has 5 heteroatoms. The van der Waals surface area contributed by atoms with Crippen molar-refractivity contribution in [1.82, 2.24) is 0 Å². The third-order valence-corrected chi connectivity index (χ3v) is 4.31. The summed E-state index contributed by atoms with van der Waals surface area (Å²) in [4.78, 5) is 19.2. The number of benzene rings is 2. The van der Waals surface area contributed by atoms with Crippen molar-refractivity contribution in [3.05, 3.63) is 59.7 Å². The first-order chi connectivity index (χ1) is 12.2. The molecule has 1 heterocycles. The largest absolute Gasteiger partial charge is 0.508 e. The SMILES string of the molecule is CCCCN1C(=O)C(CO)N=C(c2cccc(O)c2)c2ccccc21. The summed E-state index contributed by atoms with van der Waals surface area (Å²) in [5.74, 6) is -0.0600. The summed E-state index contributed by atoms with van der Waals surface area (Å²) >= 11 is 0. The fourth-order valence-electron chi connectivity index (χ4n) is 3.04. The van der Waals surface area contributed by atoms with E-state index >= 15 is 0 Å². The van der Waals surface area contributed by atoms with Gasteiger partial charge in [0.15, 0.2) is 6.04 Å². The van der Waals surface area contributed by atoms with E-state index in [1.54, 1.807) is 23.1 Å². The zero-order valence-corrected chi connectivity index (χ0v) is 14.2. The fraction of sp³-hybridized carbons (Fsp3) is 0.300. The van der Waals surface area contributed by atoms with Crippen LogP contribution in [0, 0.1) is 0 Å². The fourth-order valence-corrected chi connectivity index (χ4v) is 3.04. The molecule has 25 heavy (non-hydrogen) atoms. The lowest BCUT2D eigenvalue weighted by atomic mass is 10.00. The second-order valence-corrected chi connectivity index (χ2v) is 6.09. The predicted molar refractivity (Wildman–Crippen MR) is 98.3 cm³/mol. The molecular weight excluding hydrogens is 316 g/mol. The highest BCUT2D eigenvalue weighted by molar-refractivity contribution is 6.20. The summed E-state index contributed by atoms with van der Waals surface area (Å²) in [7, 11) is 0. The normalized spacial score (nSPS) is 17.0. The summed E-state index contributed by atoms with van der Waals surface area (Å²) in [6.07, 6.45) is 1.84. The number of anilines is 1. The molecule has 0 aliphatic carbocycles. The molecule has 2 aromatic rings. The van der Waals surface area contributed by atoms with Gasteiger partial charge in [0.2, 0.25) is 0 Å². The molecule has 0 spiro atoms. The molecule has 3 rings (SSSR count). The lowest BCUT2D eigenvalue weighted by Crippen LogP contribution is -2.40. The average Bonchev–Trinajstić information content (AvgIpc) is 2.74. The van der Waals surface area contributed by atoms with Crippen LogP contribution in [-0.4, -0.2) is 41.0 Å². The van der Waals surface area contributed by atoms with Gasteiger partial charge in [-0.15, -0.1) is 0 Å². The van der Waals surface area contributed by atoms with Crippen LogP contribution in [0.4, 0.5) is 5.69 Å². The molecule has 1 aliphatic heterocycles. The summed E-state index contributed by atoms with van der Waals surface area (Å²) in [6, 6.07) is 13.6. The van der Waals surface area contributed by atoms with E-state index in [4.69, 9.17) is 0 Å². The van der Waals surface area contributed by atoms with Gasteiger partial charge in [-0.05, 0) is 24.6 Å². The Balaban J connectivity index is 2.17. The number of para-hydroxylation sites is 1. The number of fused-ring (bicyclic) bond motifs is 1. The zero-order chi connectivity index (χ0) is 17.8. The molecule has 0 aromatic heterocycles. The van der Waals surface area contributed by atoms with Crippen molar-refractivity contribution in [3.63, 3.8) is 0 Å². The number of aromatic hydroxyl groups is 1. The first-order valence-electron chi connectivity index (χ1n) is 8.54. The van der Waals surface area contributed by atoms with Crippen LogP contribution in [-0.2, 0) is 4.79 Å². The second kappa shape index (κ2) is 7.49. The lowest BCUT2D eigenvalue weighted by molar-refractivity contribution is -0.120. The Labute approximate surface area is 147 Å². The van der Waals surface area contributed by atoms with Crippen LogP contribution in [0.25, 0.3) is 0 Å². The molecule has 0 radical (unpaired) electrons. The second-order valence-electron chi connectivity index (χ2n) is 6.09. The molecule has 0 bridgehead atoms. The van der Waals surface area contributed by atoms with Gasteiger partial charge in [0.05, 0.1) is 18.0 Å². The van der Waals surface area contributed by atoms with Crippen LogP contribution >= 0.6 is 0 Å². The monoisotopic (exact) mass is 338 g/mol. The van der Waals surface area contributed by atoms with Crippen molar-refractivity contribution in [1.29, 1.82) is 0 Å². The highest BCUT2D eigenvalue weighted by Gasteiger charge is 2.31. The number of amides is 1. The lowest BCUT2D eigenvalue weighted by Gasteiger charge is -2.24. The Morgan fingerprint density at radius 2 is 1.96 bits per heavy atom. The van der Waals surface area contributed by atoms with Gasteiger partial charge in [-0.3, -0.25) is 9.79 Å². The minimum Gasteiger partial charge on any atom is -0.508 e. The van der Waals surface area contributed by atoms with Gasteiger partial charge in [-0.25, -0.2) is 0 Å². The summed E-state index contributed by atoms with van der Waals surface area (Å²) in [5, 5.41) is 19.5. The van der Waals surface area contributed by atoms with E-state index in [-0.39, 0.29) is 18.3 Å². The maximum absolute atomic E-state index is 12.9. The number of aliphatic hydroxyl groups excluding tert-OH is 1. The van der Waals surface area contributed by atoms with Gasteiger partial charge in [0.1, 0.15) is 5.75 Å². The Morgan fingerprint density at radius 3 is 2.68 bits per heavy atom. The van der Waals surface area contributed by atoms with Crippen LogP contribution < -0.4 is 4.90 Å². The Morgan fingerprint density at radius 1 is 1.16 bits per heavy atom. The average molecular weight is 338 g/mol. The molecule has 1 unspecified atom stereocenters. The molecular formula is C20H22N2O3. The van der Waals surface area contributed by atoms with E-state index < -0.39 is 6.04 Å². The minimum atomic E-state index is -0.846. The van der Waals surface area contributed by atoms with E-state index in [9.17, 15) is 15.0 Å². The van der Waals surface area contributed by atoms with Crippen molar-refractivity contribution in [3.8, 4) is 5.75 Å². The number of carbonyl (C=O) groups is 1. The Hall–Kier alpha value is -2.66. The Bertz CT molecular complexity index is 801. The summed E-state index contributed by atoms with van der Waals surface area (Å²) < 4.78 is 0. The highest BCUT2D eigenvalue weighted by Crippen LogP contribution is 2.29. The van der Waals surface area contributed by atoms with E-state index in [0.29, 0.717) is 12.3 Å². The number of benzodiazepines with no additional fused rings is 1. The molecule has 1 amide bonds. The number of nitrogens with zero attached hydrogens (tertiary/aromatic N) is 2. The van der Waals surface area contributed by atoms with Gasteiger partial charge in [-0.2, -0.15) is 0 Å². The number of rotatable bonds is 5. The first-order valence-corrected chi connectivity index (χ1v) is 8.54. The molecule has 1 atom stereocenters. The highest BCUT2D eigenvalue weighted by atomic mass is 16.3. The number of aliphatic hydroxyl groups is 1. The molecule has 2 N–H and O–H groups in total. The topological polar surface area (TPSA) is 73.1 Å². The molecule has 2 aromatic carbocycles. The number of phenolic OH excluding ortho intramolecular Hbond substituents is 1. The number of aliphatic imine (C=N–C) groups is 1. The maximum Gasteiger partial charge on any atom is 0.254 e. The van der Waals surface area contributed by atoms with Gasteiger partial charge in [0, 0.05) is 17.7 Å². The van der Waals surface area contributed by atoms with Gasteiger partial charge >= 0.3 is 0 Å².